The van der Waals surface area contributed by atoms with E-state index in [0.717, 1.165) is 0 Å². The van der Waals surface area contributed by atoms with E-state index in [-0.39, 0.29) is 6.16 Å². The molecule has 0 saturated carbocycles. The highest BCUT2D eigenvalue weighted by atomic mass is 31.2. The molecule has 0 aliphatic rings. The molecule has 0 spiro atoms. The quantitative estimate of drug-likeness (QED) is 0.359. The van der Waals surface area contributed by atoms with E-state index in [1.165, 1.54) is 6.08 Å². The molecule has 0 aliphatic heterocycles. The van der Waals surface area contributed by atoms with Gasteiger partial charge in [-0.25, -0.2) is 4.79 Å². The van der Waals surface area contributed by atoms with E-state index in [9.17, 15) is 9.36 Å². The first-order valence-electron chi connectivity index (χ1n) is 3.01. The van der Waals surface area contributed by atoms with Crippen LogP contribution in [0.4, 0.5) is 0 Å². The van der Waals surface area contributed by atoms with Crippen LogP contribution in [0, 0.1) is 0 Å². The van der Waals surface area contributed by atoms with Crippen LogP contribution in [0.3, 0.4) is 0 Å². The third kappa shape index (κ3) is 2.92. The van der Waals surface area contributed by atoms with Gasteiger partial charge in [-0.3, -0.25) is 4.57 Å². The van der Waals surface area contributed by atoms with E-state index in [0.29, 0.717) is 6.61 Å². The molecule has 0 radical (unpaired) electrons. The molecule has 0 saturated heterocycles. The van der Waals surface area contributed by atoms with Crippen LogP contribution in [-0.2, 0) is 13.9 Å². The SMILES string of the molecule is CCOP(=O)(CC)N=C=O. The Kier molecular flexibility index (Phi) is 4.21. The van der Waals surface area contributed by atoms with E-state index in [1.54, 1.807) is 13.8 Å². The topological polar surface area (TPSA) is 55.7 Å². The zero-order chi connectivity index (χ0) is 8.04. The largest absolute Gasteiger partial charge is 0.324 e. The summed E-state index contributed by atoms with van der Waals surface area (Å²) >= 11 is 0. The highest BCUT2D eigenvalue weighted by Crippen LogP contribution is 2.47. The summed E-state index contributed by atoms with van der Waals surface area (Å²) in [5, 5.41) is 0. The van der Waals surface area contributed by atoms with Crippen molar-refractivity contribution in [2.45, 2.75) is 13.8 Å². The number of isocyanates is 1. The Morgan fingerprint density at radius 1 is 1.60 bits per heavy atom. The van der Waals surface area contributed by atoms with Crippen molar-refractivity contribution in [1.29, 1.82) is 0 Å². The summed E-state index contributed by atoms with van der Waals surface area (Å²) in [6.45, 7) is 3.65. The van der Waals surface area contributed by atoms with Crippen molar-refractivity contribution in [3.8, 4) is 0 Å². The van der Waals surface area contributed by atoms with Gasteiger partial charge in [-0.15, -0.1) is 4.76 Å². The molecule has 1 unspecified atom stereocenters. The third-order valence-electron chi connectivity index (χ3n) is 0.924. The molecule has 0 aliphatic carbocycles. The first-order chi connectivity index (χ1) is 4.68. The lowest BCUT2D eigenvalue weighted by atomic mass is 10.9. The molecule has 0 heterocycles. The summed E-state index contributed by atoms with van der Waals surface area (Å²) in [5.74, 6) is 0. The smallest absolute Gasteiger partial charge is 0.312 e. The average molecular weight is 163 g/mol. The Morgan fingerprint density at radius 2 is 2.20 bits per heavy atom. The molecule has 10 heavy (non-hydrogen) atoms. The standard InChI is InChI=1S/C5H10NO3P/c1-3-9-10(8,4-2)6-5-7/h3-4H2,1-2H3. The van der Waals surface area contributed by atoms with E-state index < -0.39 is 7.52 Å². The Bertz CT molecular complexity index is 185. The Hall–Kier alpha value is -0.430. The molecule has 0 aromatic heterocycles. The van der Waals surface area contributed by atoms with Crippen molar-refractivity contribution < 1.29 is 13.9 Å². The zero-order valence-corrected chi connectivity index (χ0v) is 6.93. The van der Waals surface area contributed by atoms with Gasteiger partial charge in [-0.1, -0.05) is 6.92 Å². The van der Waals surface area contributed by atoms with Crippen LogP contribution in [0.25, 0.3) is 0 Å². The Morgan fingerprint density at radius 3 is 2.50 bits per heavy atom. The van der Waals surface area contributed by atoms with Gasteiger partial charge >= 0.3 is 7.52 Å². The molecule has 0 aromatic rings. The van der Waals surface area contributed by atoms with Gasteiger partial charge in [0.2, 0.25) is 6.08 Å². The van der Waals surface area contributed by atoms with Gasteiger partial charge in [-0.05, 0) is 6.92 Å². The molecule has 0 fully saturated rings. The molecule has 0 bridgehead atoms. The van der Waals surface area contributed by atoms with Crippen LogP contribution in [0.15, 0.2) is 4.76 Å². The van der Waals surface area contributed by atoms with Crippen molar-refractivity contribution in [2.75, 3.05) is 12.8 Å². The third-order valence-corrected chi connectivity index (χ3v) is 2.77. The highest BCUT2D eigenvalue weighted by molar-refractivity contribution is 7.57. The molecular formula is C5H10NO3P. The maximum Gasteiger partial charge on any atom is 0.324 e. The average Bonchev–Trinajstić information content (AvgIpc) is 1.89. The lowest BCUT2D eigenvalue weighted by molar-refractivity contribution is 0.334. The maximum atomic E-state index is 11.1. The summed E-state index contributed by atoms with van der Waals surface area (Å²) in [4.78, 5) is 9.71. The predicted octanol–water partition coefficient (Wildman–Crippen LogP) is 1.57. The van der Waals surface area contributed by atoms with Crippen molar-refractivity contribution in [3.05, 3.63) is 0 Å². The van der Waals surface area contributed by atoms with E-state index >= 15 is 0 Å². The minimum Gasteiger partial charge on any atom is -0.312 e. The van der Waals surface area contributed by atoms with Gasteiger partial charge in [0.15, 0.2) is 0 Å². The molecule has 58 valence electrons. The maximum absolute atomic E-state index is 11.1. The summed E-state index contributed by atoms with van der Waals surface area (Å²) < 4.78 is 19.0. The second-order valence-electron chi connectivity index (χ2n) is 1.56. The van der Waals surface area contributed by atoms with Crippen LogP contribution in [0.2, 0.25) is 0 Å². The van der Waals surface area contributed by atoms with E-state index in [2.05, 4.69) is 4.76 Å². The molecule has 0 N–H and O–H groups in total. The van der Waals surface area contributed by atoms with Crippen LogP contribution in [-0.4, -0.2) is 18.8 Å². The number of hydrogen-bond donors (Lipinski definition) is 0. The molecular weight excluding hydrogens is 153 g/mol. The first-order valence-corrected chi connectivity index (χ1v) is 4.77. The molecule has 0 amide bonds. The van der Waals surface area contributed by atoms with Gasteiger partial charge < -0.3 is 4.52 Å². The van der Waals surface area contributed by atoms with Crippen LogP contribution in [0.1, 0.15) is 13.8 Å². The number of nitrogens with zero attached hydrogens (tertiary/aromatic N) is 1. The van der Waals surface area contributed by atoms with Gasteiger partial charge in [0, 0.05) is 6.16 Å². The van der Waals surface area contributed by atoms with Crippen LogP contribution < -0.4 is 0 Å². The summed E-state index contributed by atoms with van der Waals surface area (Å²) in [6.07, 6.45) is 1.48. The van der Waals surface area contributed by atoms with Crippen LogP contribution in [0.5, 0.6) is 0 Å². The van der Waals surface area contributed by atoms with Gasteiger partial charge in [0.25, 0.3) is 0 Å². The van der Waals surface area contributed by atoms with Gasteiger partial charge in [-0.2, -0.15) is 0 Å². The fourth-order valence-electron chi connectivity index (χ4n) is 0.455. The summed E-state index contributed by atoms with van der Waals surface area (Å²) in [6, 6.07) is 0. The predicted molar refractivity (Wildman–Crippen MR) is 37.9 cm³/mol. The second-order valence-corrected chi connectivity index (χ2v) is 3.93. The Labute approximate surface area is 59.8 Å². The molecule has 1 atom stereocenters. The Balaban J connectivity index is 4.23. The second kappa shape index (κ2) is 4.40. The zero-order valence-electron chi connectivity index (χ0n) is 6.03. The molecule has 0 aromatic carbocycles. The van der Waals surface area contributed by atoms with E-state index in [4.69, 9.17) is 4.52 Å². The molecule has 4 nitrogen and oxygen atoms in total. The van der Waals surface area contributed by atoms with Crippen molar-refractivity contribution in [2.24, 2.45) is 4.76 Å². The number of carbonyl (C=O) groups excluding carboxylic acids is 1. The summed E-state index contributed by atoms with van der Waals surface area (Å²) in [5.41, 5.74) is 0. The van der Waals surface area contributed by atoms with Crippen LogP contribution >= 0.6 is 7.52 Å². The normalized spacial score (nSPS) is 15.4. The highest BCUT2D eigenvalue weighted by Gasteiger charge is 2.17. The minimum absolute atomic E-state index is 0.246. The van der Waals surface area contributed by atoms with E-state index in [1.807, 2.05) is 0 Å². The van der Waals surface area contributed by atoms with Crippen molar-refractivity contribution >= 4 is 13.6 Å². The molecule has 0 rings (SSSR count). The van der Waals surface area contributed by atoms with Gasteiger partial charge in [0.1, 0.15) is 0 Å². The monoisotopic (exact) mass is 163 g/mol. The first kappa shape index (κ1) is 9.57. The lowest BCUT2D eigenvalue weighted by Crippen LogP contribution is -1.88. The fraction of sp³-hybridized carbons (Fsp3) is 0.800. The lowest BCUT2D eigenvalue weighted by Gasteiger charge is -2.06. The number of hydrogen-bond acceptors (Lipinski definition) is 3. The number of rotatable bonds is 4. The molecule has 5 heteroatoms. The minimum atomic E-state index is -3.00. The van der Waals surface area contributed by atoms with Gasteiger partial charge in [0.05, 0.1) is 6.61 Å². The van der Waals surface area contributed by atoms with Crippen molar-refractivity contribution in [1.82, 2.24) is 0 Å². The summed E-state index contributed by atoms with van der Waals surface area (Å²) in [7, 11) is -3.00. The fourth-order valence-corrected chi connectivity index (χ4v) is 1.36. The van der Waals surface area contributed by atoms with Crippen molar-refractivity contribution in [3.63, 3.8) is 0 Å².